The van der Waals surface area contributed by atoms with E-state index in [0.29, 0.717) is 11.8 Å². The van der Waals surface area contributed by atoms with Crippen LogP contribution in [0.2, 0.25) is 0 Å². The molecule has 6 rings (SSSR count). The molecule has 9 nitrogen and oxygen atoms in total. The summed E-state index contributed by atoms with van der Waals surface area (Å²) in [6, 6.07) is 8.63. The molecule has 1 aliphatic heterocycles. The normalized spacial score (nSPS) is 23.1. The quantitative estimate of drug-likeness (QED) is 0.400. The fourth-order valence-electron chi connectivity index (χ4n) is 5.86. The Morgan fingerprint density at radius 2 is 2.11 bits per heavy atom. The van der Waals surface area contributed by atoms with Crippen molar-refractivity contribution in [1.29, 1.82) is 5.26 Å². The number of rotatable bonds is 5. The van der Waals surface area contributed by atoms with Crippen LogP contribution in [0, 0.1) is 17.2 Å². The maximum atomic E-state index is 9.57. The summed E-state index contributed by atoms with van der Waals surface area (Å²) in [5.74, 6) is 2.47. The molecule has 4 atom stereocenters. The highest BCUT2D eigenvalue weighted by Gasteiger charge is 2.42. The Kier molecular flexibility index (Phi) is 5.63. The predicted molar refractivity (Wildman–Crippen MR) is 141 cm³/mol. The molecule has 0 spiro atoms. The third-order valence-corrected chi connectivity index (χ3v) is 7.96. The zero-order valence-corrected chi connectivity index (χ0v) is 21.7. The molecule has 5 heterocycles. The monoisotopic (exact) mass is 496 g/mol. The number of aromatic nitrogens is 6. The van der Waals surface area contributed by atoms with Crippen LogP contribution in [0.25, 0.3) is 22.2 Å². The Morgan fingerprint density at radius 3 is 2.92 bits per heavy atom. The predicted octanol–water partition coefficient (Wildman–Crippen LogP) is 5.29. The van der Waals surface area contributed by atoms with Crippen molar-refractivity contribution < 1.29 is 4.74 Å². The van der Waals surface area contributed by atoms with Gasteiger partial charge in [0.2, 0.25) is 0 Å². The summed E-state index contributed by atoms with van der Waals surface area (Å²) in [6.45, 7) is 8.84. The third-order valence-electron chi connectivity index (χ3n) is 7.96. The van der Waals surface area contributed by atoms with E-state index in [9.17, 15) is 5.26 Å². The van der Waals surface area contributed by atoms with E-state index >= 15 is 0 Å². The zero-order chi connectivity index (χ0) is 25.7. The second-order valence-electron chi connectivity index (χ2n) is 10.7. The van der Waals surface area contributed by atoms with Crippen LogP contribution < -0.4 is 10.1 Å². The van der Waals surface area contributed by atoms with Gasteiger partial charge in [0.05, 0.1) is 29.5 Å². The first-order chi connectivity index (χ1) is 17.9. The molecule has 37 heavy (non-hydrogen) atoms. The first-order valence-corrected chi connectivity index (χ1v) is 13.1. The lowest BCUT2D eigenvalue weighted by Crippen LogP contribution is -2.41. The largest absolute Gasteiger partial charge is 0.488 e. The van der Waals surface area contributed by atoms with Gasteiger partial charge in [-0.15, -0.1) is 0 Å². The molecule has 2 aliphatic rings. The zero-order valence-electron chi connectivity index (χ0n) is 21.7. The second-order valence-corrected chi connectivity index (χ2v) is 10.7. The number of nitriles is 1. The van der Waals surface area contributed by atoms with Gasteiger partial charge in [-0.25, -0.2) is 4.98 Å². The lowest BCUT2D eigenvalue weighted by molar-refractivity contribution is 0.0374. The molecule has 0 aromatic carbocycles. The van der Waals surface area contributed by atoms with Crippen LogP contribution in [-0.4, -0.2) is 42.2 Å². The number of pyridine rings is 2. The average Bonchev–Trinajstić information content (AvgIpc) is 3.55. The molecule has 0 amide bonds. The van der Waals surface area contributed by atoms with Crippen LogP contribution in [0.5, 0.6) is 5.75 Å². The van der Waals surface area contributed by atoms with Crippen molar-refractivity contribution in [2.24, 2.45) is 5.92 Å². The second kappa shape index (κ2) is 8.87. The summed E-state index contributed by atoms with van der Waals surface area (Å²) in [5.41, 5.74) is 3.09. The van der Waals surface area contributed by atoms with Gasteiger partial charge in [0, 0.05) is 54.0 Å². The molecule has 4 aromatic rings. The van der Waals surface area contributed by atoms with Crippen LogP contribution in [-0.2, 0) is 5.54 Å². The molecular weight excluding hydrogens is 464 g/mol. The lowest BCUT2D eigenvalue weighted by Gasteiger charge is -2.43. The van der Waals surface area contributed by atoms with Gasteiger partial charge >= 0.3 is 0 Å². The first-order valence-electron chi connectivity index (χ1n) is 13.1. The van der Waals surface area contributed by atoms with Gasteiger partial charge in [0.1, 0.15) is 28.9 Å². The average molecular weight is 497 g/mol. The van der Waals surface area contributed by atoms with E-state index in [-0.39, 0.29) is 12.1 Å². The summed E-state index contributed by atoms with van der Waals surface area (Å²) < 4.78 is 10.3. The molecule has 9 heteroatoms. The Labute approximate surface area is 216 Å². The third kappa shape index (κ3) is 3.91. The highest BCUT2D eigenvalue weighted by molar-refractivity contribution is 5.93. The van der Waals surface area contributed by atoms with Crippen LogP contribution in [0.1, 0.15) is 64.6 Å². The molecule has 0 saturated heterocycles. The van der Waals surface area contributed by atoms with Crippen molar-refractivity contribution in [3.05, 3.63) is 48.7 Å². The smallest absolute Gasteiger partial charge is 0.143 e. The van der Waals surface area contributed by atoms with Crippen molar-refractivity contribution in [2.45, 2.75) is 70.6 Å². The Balaban J connectivity index is 1.40. The van der Waals surface area contributed by atoms with E-state index in [1.807, 2.05) is 44.6 Å². The molecule has 1 saturated carbocycles. The number of hydrogen-bond acceptors (Lipinski definition) is 7. The Hall–Kier alpha value is -3.93. The highest BCUT2D eigenvalue weighted by atomic mass is 16.5. The van der Waals surface area contributed by atoms with Crippen LogP contribution >= 0.6 is 0 Å². The van der Waals surface area contributed by atoms with Crippen molar-refractivity contribution in [1.82, 2.24) is 29.5 Å². The fraction of sp³-hybridized carbons (Fsp3) is 0.464. The number of ether oxygens (including phenoxy) is 1. The van der Waals surface area contributed by atoms with Gasteiger partial charge in [0.25, 0.3) is 0 Å². The number of fused-ring (bicyclic) bond motifs is 3. The minimum absolute atomic E-state index is 0.203. The van der Waals surface area contributed by atoms with E-state index in [2.05, 4.69) is 51.0 Å². The molecule has 1 aliphatic carbocycles. The van der Waals surface area contributed by atoms with E-state index < -0.39 is 5.54 Å². The van der Waals surface area contributed by atoms with E-state index in [0.717, 1.165) is 65.2 Å². The van der Waals surface area contributed by atoms with E-state index in [1.54, 1.807) is 10.9 Å². The van der Waals surface area contributed by atoms with E-state index in [1.165, 1.54) is 0 Å². The van der Waals surface area contributed by atoms with Crippen molar-refractivity contribution in [2.75, 3.05) is 11.9 Å². The lowest BCUT2D eigenvalue weighted by atomic mass is 9.73. The fourth-order valence-corrected chi connectivity index (χ4v) is 5.86. The van der Waals surface area contributed by atoms with Crippen LogP contribution in [0.3, 0.4) is 0 Å². The number of nitrogens with one attached hydrogen (secondary N) is 1. The van der Waals surface area contributed by atoms with Gasteiger partial charge in [-0.1, -0.05) is 6.92 Å². The van der Waals surface area contributed by atoms with Gasteiger partial charge in [-0.05, 0) is 52.2 Å². The maximum absolute atomic E-state index is 9.57. The maximum Gasteiger partial charge on any atom is 0.143 e. The van der Waals surface area contributed by atoms with Gasteiger partial charge in [-0.2, -0.15) is 15.5 Å². The van der Waals surface area contributed by atoms with E-state index in [4.69, 9.17) is 9.84 Å². The number of nitrogens with zero attached hydrogens (tertiary/aromatic N) is 7. The summed E-state index contributed by atoms with van der Waals surface area (Å²) in [5, 5.41) is 23.5. The molecule has 0 bridgehead atoms. The molecule has 0 radical (unpaired) electrons. The molecule has 1 N–H and O–H groups in total. The number of anilines is 1. The van der Waals surface area contributed by atoms with Gasteiger partial charge < -0.3 is 10.1 Å². The molecule has 1 fully saturated rings. The SMILES string of the molecule is CCNc1cc2c(cn1)c(-c1cnn(C(C)(C)C#N)c1)nn2[C@@H]1CCC2Oc3cccnc3C(C)C2C1. The number of hydrogen-bond donors (Lipinski definition) is 1. The van der Waals surface area contributed by atoms with Crippen molar-refractivity contribution in [3.8, 4) is 23.1 Å². The molecule has 3 unspecified atom stereocenters. The Bertz CT molecular complexity index is 1500. The van der Waals surface area contributed by atoms with Gasteiger partial charge in [0.15, 0.2) is 0 Å². The topological polar surface area (TPSA) is 106 Å². The summed E-state index contributed by atoms with van der Waals surface area (Å²) >= 11 is 0. The van der Waals surface area contributed by atoms with Crippen LogP contribution in [0.4, 0.5) is 5.82 Å². The Morgan fingerprint density at radius 1 is 1.24 bits per heavy atom. The van der Waals surface area contributed by atoms with Crippen molar-refractivity contribution in [3.63, 3.8) is 0 Å². The first kappa shape index (κ1) is 23.5. The van der Waals surface area contributed by atoms with Crippen molar-refractivity contribution >= 4 is 16.7 Å². The molecule has 4 aromatic heterocycles. The highest BCUT2D eigenvalue weighted by Crippen LogP contribution is 2.48. The standard InChI is InChI=1S/C28H32N8O/c1-5-30-25-12-22-21(14-32-25)27(18-13-33-35(15-18)28(3,4)16-29)34-36(22)19-8-9-23-20(11-19)17(2)26-24(37-23)7-6-10-31-26/h6-7,10,12-15,17,19-20,23H,5,8-9,11H2,1-4H3,(H,30,32)/t17?,19-,20?,23?/m1/s1. The van der Waals surface area contributed by atoms with Crippen LogP contribution in [0.15, 0.2) is 43.0 Å². The molecule has 190 valence electrons. The summed E-state index contributed by atoms with van der Waals surface area (Å²) in [7, 11) is 0. The molecular formula is C28H32N8O. The minimum Gasteiger partial charge on any atom is -0.488 e. The minimum atomic E-state index is -0.743. The summed E-state index contributed by atoms with van der Waals surface area (Å²) in [4.78, 5) is 9.29. The van der Waals surface area contributed by atoms with Gasteiger partial charge in [-0.3, -0.25) is 14.3 Å². The summed E-state index contributed by atoms with van der Waals surface area (Å²) in [6.07, 6.45) is 10.6.